The van der Waals surface area contributed by atoms with Gasteiger partial charge in [0.25, 0.3) is 0 Å². The number of guanidine groups is 1. The Morgan fingerprint density at radius 1 is 1.28 bits per heavy atom. The first-order valence-corrected chi connectivity index (χ1v) is 10.2. The number of methoxy groups -OCH3 is 1. The smallest absolute Gasteiger partial charge is 0.191 e. The number of aliphatic imine (C=N–C) groups is 1. The van der Waals surface area contributed by atoms with Gasteiger partial charge in [-0.3, -0.25) is 0 Å². The average molecular weight is 521 g/mol. The first kappa shape index (κ1) is 25.8. The van der Waals surface area contributed by atoms with Crippen LogP contribution in [0.4, 0.5) is 0 Å². The number of benzene rings is 1. The van der Waals surface area contributed by atoms with Crippen molar-refractivity contribution < 1.29 is 18.9 Å². The Hall–Kier alpha value is -1.26. The zero-order valence-corrected chi connectivity index (χ0v) is 20.1. The van der Waals surface area contributed by atoms with Gasteiger partial charge in [0.15, 0.2) is 17.5 Å². The number of rotatable bonds is 12. The van der Waals surface area contributed by atoms with Crippen molar-refractivity contribution in [1.82, 2.24) is 10.6 Å². The zero-order chi connectivity index (χ0) is 20.0. The van der Waals surface area contributed by atoms with Gasteiger partial charge in [0.05, 0.1) is 26.9 Å². The standard InChI is InChI=1S/C21H35N3O4.HI/c1-4-22-21(23-11-7-12-26-15-18-10-13-27-16-18)24-14-17(2)28-20-9-6-5-8-19(20)25-3;/h5-6,8-9,17-18H,4,7,10-16H2,1-3H3,(H2,22,23,24);1H. The van der Waals surface area contributed by atoms with E-state index in [0.29, 0.717) is 12.5 Å². The van der Waals surface area contributed by atoms with Crippen molar-refractivity contribution in [2.75, 3.05) is 53.2 Å². The molecule has 2 N–H and O–H groups in total. The highest BCUT2D eigenvalue weighted by atomic mass is 127. The Morgan fingerprint density at radius 3 is 2.76 bits per heavy atom. The molecule has 29 heavy (non-hydrogen) atoms. The van der Waals surface area contributed by atoms with Crippen molar-refractivity contribution in [2.24, 2.45) is 10.9 Å². The lowest BCUT2D eigenvalue weighted by Gasteiger charge is -2.17. The normalized spacial score (nSPS) is 17.3. The van der Waals surface area contributed by atoms with Gasteiger partial charge in [-0.15, -0.1) is 24.0 Å². The van der Waals surface area contributed by atoms with Gasteiger partial charge in [-0.05, 0) is 38.8 Å². The first-order valence-electron chi connectivity index (χ1n) is 10.2. The van der Waals surface area contributed by atoms with E-state index in [1.165, 1.54) is 0 Å². The molecule has 0 radical (unpaired) electrons. The van der Waals surface area contributed by atoms with E-state index in [1.54, 1.807) is 7.11 Å². The summed E-state index contributed by atoms with van der Waals surface area (Å²) in [5, 5.41) is 6.61. The monoisotopic (exact) mass is 521 g/mol. The Kier molecular flexibility index (Phi) is 13.8. The fourth-order valence-electron chi connectivity index (χ4n) is 2.88. The molecule has 1 aromatic carbocycles. The van der Waals surface area contributed by atoms with E-state index >= 15 is 0 Å². The molecule has 1 heterocycles. The molecule has 1 aromatic rings. The van der Waals surface area contributed by atoms with Gasteiger partial charge in [0.2, 0.25) is 0 Å². The van der Waals surface area contributed by atoms with Crippen molar-refractivity contribution in [3.8, 4) is 11.5 Å². The Balaban J connectivity index is 0.00000420. The average Bonchev–Trinajstić information content (AvgIpc) is 3.22. The summed E-state index contributed by atoms with van der Waals surface area (Å²) in [4.78, 5) is 4.62. The minimum atomic E-state index is -0.0660. The van der Waals surface area contributed by atoms with E-state index in [-0.39, 0.29) is 30.1 Å². The summed E-state index contributed by atoms with van der Waals surface area (Å²) in [5.74, 6) is 2.82. The first-order chi connectivity index (χ1) is 13.7. The lowest BCUT2D eigenvalue weighted by atomic mass is 10.1. The van der Waals surface area contributed by atoms with Gasteiger partial charge in [-0.25, -0.2) is 4.99 Å². The number of nitrogens with zero attached hydrogens (tertiary/aromatic N) is 1. The summed E-state index contributed by atoms with van der Waals surface area (Å²) in [5.41, 5.74) is 0. The van der Waals surface area contributed by atoms with Crippen molar-refractivity contribution in [3.05, 3.63) is 24.3 Å². The fraction of sp³-hybridized carbons (Fsp3) is 0.667. The van der Waals surface area contributed by atoms with Crippen LogP contribution >= 0.6 is 24.0 Å². The van der Waals surface area contributed by atoms with E-state index in [2.05, 4.69) is 22.5 Å². The van der Waals surface area contributed by atoms with Crippen LogP contribution in [0.3, 0.4) is 0 Å². The quantitative estimate of drug-likeness (QED) is 0.191. The molecule has 1 aliphatic heterocycles. The minimum Gasteiger partial charge on any atom is -0.493 e. The largest absolute Gasteiger partial charge is 0.493 e. The fourth-order valence-corrected chi connectivity index (χ4v) is 2.88. The second kappa shape index (κ2) is 15.6. The highest BCUT2D eigenvalue weighted by molar-refractivity contribution is 14.0. The van der Waals surface area contributed by atoms with Gasteiger partial charge < -0.3 is 29.6 Å². The van der Waals surface area contributed by atoms with Gasteiger partial charge in [-0.2, -0.15) is 0 Å². The summed E-state index contributed by atoms with van der Waals surface area (Å²) >= 11 is 0. The van der Waals surface area contributed by atoms with Crippen LogP contribution in [0.5, 0.6) is 11.5 Å². The van der Waals surface area contributed by atoms with Crippen molar-refractivity contribution in [3.63, 3.8) is 0 Å². The Morgan fingerprint density at radius 2 is 2.07 bits per heavy atom. The van der Waals surface area contributed by atoms with E-state index in [4.69, 9.17) is 18.9 Å². The lowest BCUT2D eigenvalue weighted by molar-refractivity contribution is 0.0888. The molecule has 2 rings (SSSR count). The predicted molar refractivity (Wildman–Crippen MR) is 127 cm³/mol. The third-order valence-electron chi connectivity index (χ3n) is 4.38. The molecule has 8 heteroatoms. The SMILES string of the molecule is CCNC(=NCC(C)Oc1ccccc1OC)NCCCOCC1CCOC1.I. The lowest BCUT2D eigenvalue weighted by Crippen LogP contribution is -2.38. The number of nitrogens with one attached hydrogen (secondary N) is 2. The summed E-state index contributed by atoms with van der Waals surface area (Å²) in [7, 11) is 1.64. The maximum atomic E-state index is 5.95. The second-order valence-corrected chi connectivity index (χ2v) is 6.88. The van der Waals surface area contributed by atoms with Crippen LogP contribution in [-0.4, -0.2) is 65.2 Å². The Bertz CT molecular complexity index is 583. The van der Waals surface area contributed by atoms with Crippen LogP contribution in [0.25, 0.3) is 0 Å². The highest BCUT2D eigenvalue weighted by Gasteiger charge is 2.15. The number of hydrogen-bond acceptors (Lipinski definition) is 5. The van der Waals surface area contributed by atoms with E-state index in [0.717, 1.165) is 69.8 Å². The van der Waals surface area contributed by atoms with E-state index in [9.17, 15) is 0 Å². The molecule has 0 aliphatic carbocycles. The maximum Gasteiger partial charge on any atom is 0.191 e. The molecule has 0 aromatic heterocycles. The molecule has 2 unspecified atom stereocenters. The number of para-hydroxylation sites is 2. The molecular weight excluding hydrogens is 485 g/mol. The second-order valence-electron chi connectivity index (χ2n) is 6.88. The van der Waals surface area contributed by atoms with Gasteiger partial charge in [-0.1, -0.05) is 12.1 Å². The molecule has 1 saturated heterocycles. The topological polar surface area (TPSA) is 73.3 Å². The predicted octanol–water partition coefficient (Wildman–Crippen LogP) is 3.08. The summed E-state index contributed by atoms with van der Waals surface area (Å²) in [6, 6.07) is 7.65. The van der Waals surface area contributed by atoms with Gasteiger partial charge >= 0.3 is 0 Å². The number of halogens is 1. The minimum absolute atomic E-state index is 0. The molecule has 0 spiro atoms. The van der Waals surface area contributed by atoms with Crippen LogP contribution < -0.4 is 20.1 Å². The molecule has 2 atom stereocenters. The molecule has 166 valence electrons. The van der Waals surface area contributed by atoms with Gasteiger partial charge in [0.1, 0.15) is 6.10 Å². The summed E-state index contributed by atoms with van der Waals surface area (Å²) in [6.45, 7) is 9.48. The highest BCUT2D eigenvalue weighted by Crippen LogP contribution is 2.26. The maximum absolute atomic E-state index is 5.95. The van der Waals surface area contributed by atoms with Crippen LogP contribution in [0.2, 0.25) is 0 Å². The van der Waals surface area contributed by atoms with Crippen LogP contribution in [0.15, 0.2) is 29.3 Å². The molecule has 0 amide bonds. The molecule has 7 nitrogen and oxygen atoms in total. The van der Waals surface area contributed by atoms with Crippen LogP contribution in [-0.2, 0) is 9.47 Å². The zero-order valence-electron chi connectivity index (χ0n) is 17.8. The number of hydrogen-bond donors (Lipinski definition) is 2. The molecule has 0 bridgehead atoms. The van der Waals surface area contributed by atoms with Crippen LogP contribution in [0.1, 0.15) is 26.7 Å². The van der Waals surface area contributed by atoms with E-state index in [1.807, 2.05) is 31.2 Å². The van der Waals surface area contributed by atoms with Crippen molar-refractivity contribution in [1.29, 1.82) is 0 Å². The molecule has 0 saturated carbocycles. The molecular formula is C21H36IN3O4. The van der Waals surface area contributed by atoms with Crippen molar-refractivity contribution >= 4 is 29.9 Å². The summed E-state index contributed by atoms with van der Waals surface area (Å²) < 4.78 is 22.4. The third kappa shape index (κ3) is 10.4. The number of ether oxygens (including phenoxy) is 4. The summed E-state index contributed by atoms with van der Waals surface area (Å²) in [6.07, 6.45) is 1.99. The van der Waals surface area contributed by atoms with Gasteiger partial charge in [0, 0.05) is 32.2 Å². The molecule has 1 fully saturated rings. The Labute approximate surface area is 191 Å². The van der Waals surface area contributed by atoms with Crippen molar-refractivity contribution in [2.45, 2.75) is 32.8 Å². The van der Waals surface area contributed by atoms with Crippen LogP contribution in [0, 0.1) is 5.92 Å². The third-order valence-corrected chi connectivity index (χ3v) is 4.38. The molecule has 1 aliphatic rings. The van der Waals surface area contributed by atoms with E-state index < -0.39 is 0 Å².